The van der Waals surface area contributed by atoms with E-state index < -0.39 is 5.97 Å². The van der Waals surface area contributed by atoms with Gasteiger partial charge in [-0.25, -0.2) is 9.78 Å². The van der Waals surface area contributed by atoms with Crippen LogP contribution in [0, 0.1) is 6.92 Å². The molecule has 0 radical (unpaired) electrons. The number of rotatable bonds is 3. The highest BCUT2D eigenvalue weighted by Gasteiger charge is 2.19. The number of carbonyl (C=O) groups is 2. The summed E-state index contributed by atoms with van der Waals surface area (Å²) in [5.74, 6) is -0.811. The topological polar surface area (TPSA) is 72.7 Å². The van der Waals surface area contributed by atoms with E-state index in [9.17, 15) is 9.59 Å². The minimum Gasteiger partial charge on any atom is -0.465 e. The number of ether oxygens (including phenoxy) is 1. The molecule has 2 aromatic heterocycles. The van der Waals surface area contributed by atoms with E-state index in [1.54, 1.807) is 47.9 Å². The van der Waals surface area contributed by atoms with Crippen LogP contribution in [-0.4, -0.2) is 28.4 Å². The molecule has 0 saturated heterocycles. The number of nitrogens with one attached hydrogen (secondary N) is 1. The minimum absolute atomic E-state index is 0.330. The fraction of sp³-hybridized carbons (Fsp3) is 0.118. The number of amides is 1. The molecule has 8 heteroatoms. The largest absolute Gasteiger partial charge is 0.465 e. The highest BCUT2D eigenvalue weighted by molar-refractivity contribution is 6.36. The maximum Gasteiger partial charge on any atom is 0.337 e. The van der Waals surface area contributed by atoms with E-state index in [1.807, 2.05) is 0 Å². The number of hydrogen-bond donors (Lipinski definition) is 1. The quantitative estimate of drug-likeness (QED) is 0.700. The lowest BCUT2D eigenvalue weighted by Gasteiger charge is -2.07. The summed E-state index contributed by atoms with van der Waals surface area (Å²) in [6.45, 7) is 1.71. The number of fused-ring (bicyclic) bond motifs is 1. The number of pyridine rings is 1. The number of esters is 1. The summed E-state index contributed by atoms with van der Waals surface area (Å²) in [6, 6.07) is 7.93. The van der Waals surface area contributed by atoms with Crippen LogP contribution in [0.5, 0.6) is 0 Å². The monoisotopic (exact) mass is 377 g/mol. The molecule has 0 fully saturated rings. The molecule has 0 bridgehead atoms. The van der Waals surface area contributed by atoms with Crippen LogP contribution >= 0.6 is 23.2 Å². The Kier molecular flexibility index (Phi) is 4.65. The van der Waals surface area contributed by atoms with Crippen molar-refractivity contribution in [3.8, 4) is 0 Å². The van der Waals surface area contributed by atoms with Crippen molar-refractivity contribution in [1.29, 1.82) is 0 Å². The first kappa shape index (κ1) is 17.3. The van der Waals surface area contributed by atoms with E-state index in [-0.39, 0.29) is 5.91 Å². The van der Waals surface area contributed by atoms with Crippen molar-refractivity contribution in [2.24, 2.45) is 0 Å². The maximum absolute atomic E-state index is 12.7. The van der Waals surface area contributed by atoms with Crippen molar-refractivity contribution in [2.45, 2.75) is 6.92 Å². The van der Waals surface area contributed by atoms with Gasteiger partial charge in [0.25, 0.3) is 5.91 Å². The van der Waals surface area contributed by atoms with Gasteiger partial charge in [0.2, 0.25) is 0 Å². The van der Waals surface area contributed by atoms with Crippen molar-refractivity contribution >= 4 is 46.4 Å². The van der Waals surface area contributed by atoms with Gasteiger partial charge in [-0.15, -0.1) is 0 Å². The molecule has 1 N–H and O–H groups in total. The molecular formula is C17H13Cl2N3O3. The summed E-state index contributed by atoms with van der Waals surface area (Å²) < 4.78 is 6.19. The van der Waals surface area contributed by atoms with Gasteiger partial charge in [-0.2, -0.15) is 0 Å². The molecule has 0 aliphatic heterocycles. The maximum atomic E-state index is 12.7. The molecule has 0 atom stereocenters. The predicted octanol–water partition coefficient (Wildman–Crippen LogP) is 3.99. The van der Waals surface area contributed by atoms with Crippen LogP contribution in [0.2, 0.25) is 10.0 Å². The molecule has 25 heavy (non-hydrogen) atoms. The van der Waals surface area contributed by atoms with Crippen molar-refractivity contribution in [2.75, 3.05) is 12.4 Å². The molecular weight excluding hydrogens is 365 g/mol. The number of aromatic nitrogens is 2. The number of nitrogens with zero attached hydrogens (tertiary/aromatic N) is 2. The van der Waals surface area contributed by atoms with Crippen LogP contribution in [0.1, 0.15) is 26.5 Å². The number of carbonyl (C=O) groups excluding carboxylic acids is 2. The normalized spacial score (nSPS) is 10.7. The summed E-state index contributed by atoms with van der Waals surface area (Å²) in [7, 11) is 1.31. The second-order valence-electron chi connectivity index (χ2n) is 5.27. The number of imidazole rings is 1. The number of benzene rings is 1. The number of hydrogen-bond acceptors (Lipinski definition) is 4. The Bertz CT molecular complexity index is 981. The fourth-order valence-corrected chi connectivity index (χ4v) is 2.97. The molecule has 0 saturated carbocycles. The number of anilines is 1. The Morgan fingerprint density at radius 1 is 1.20 bits per heavy atom. The molecule has 1 amide bonds. The van der Waals surface area contributed by atoms with Crippen molar-refractivity contribution in [3.05, 3.63) is 63.5 Å². The third kappa shape index (κ3) is 3.31. The summed E-state index contributed by atoms with van der Waals surface area (Å²) in [4.78, 5) is 28.4. The average Bonchev–Trinajstić information content (AvgIpc) is 2.91. The van der Waals surface area contributed by atoms with Gasteiger partial charge in [-0.05, 0) is 37.3 Å². The third-order valence-corrected chi connectivity index (χ3v) is 4.08. The molecule has 6 nitrogen and oxygen atoms in total. The standard InChI is InChI=1S/C17H13Cl2N3O3/c1-9-14(22-8-11(18)7-13(19)15(22)20-9)16(23)21-12-5-3-10(4-6-12)17(24)25-2/h3-8H,1-2H3,(H,21,23). The lowest BCUT2D eigenvalue weighted by Crippen LogP contribution is -2.15. The van der Waals surface area contributed by atoms with Gasteiger partial charge in [0.05, 0.1) is 28.4 Å². The minimum atomic E-state index is -0.445. The number of aryl methyl sites for hydroxylation is 1. The predicted molar refractivity (Wildman–Crippen MR) is 95.7 cm³/mol. The highest BCUT2D eigenvalue weighted by Crippen LogP contribution is 2.25. The van der Waals surface area contributed by atoms with E-state index in [2.05, 4.69) is 15.0 Å². The van der Waals surface area contributed by atoms with E-state index in [4.69, 9.17) is 23.2 Å². The summed E-state index contributed by atoms with van der Waals surface area (Å²) >= 11 is 12.2. The smallest absolute Gasteiger partial charge is 0.337 e. The van der Waals surface area contributed by atoms with Crippen molar-refractivity contribution in [3.63, 3.8) is 0 Å². The van der Waals surface area contributed by atoms with Crippen LogP contribution in [-0.2, 0) is 4.74 Å². The zero-order valence-corrected chi connectivity index (χ0v) is 14.9. The number of halogens is 2. The molecule has 0 unspecified atom stereocenters. The van der Waals surface area contributed by atoms with Crippen LogP contribution in [0.15, 0.2) is 36.5 Å². The van der Waals surface area contributed by atoms with E-state index in [1.165, 1.54) is 7.11 Å². The van der Waals surface area contributed by atoms with Gasteiger partial charge in [-0.3, -0.25) is 9.20 Å². The summed E-state index contributed by atoms with van der Waals surface area (Å²) in [5, 5.41) is 3.52. The second-order valence-corrected chi connectivity index (χ2v) is 6.11. The molecule has 2 heterocycles. The van der Waals surface area contributed by atoms with Gasteiger partial charge in [0.1, 0.15) is 5.69 Å². The first-order valence-electron chi connectivity index (χ1n) is 7.24. The molecule has 0 aliphatic rings. The highest BCUT2D eigenvalue weighted by atomic mass is 35.5. The van der Waals surface area contributed by atoms with Gasteiger partial charge in [0, 0.05) is 11.9 Å². The van der Waals surface area contributed by atoms with Crippen molar-refractivity contribution < 1.29 is 14.3 Å². The number of methoxy groups -OCH3 is 1. The van der Waals surface area contributed by atoms with Crippen LogP contribution in [0.4, 0.5) is 5.69 Å². The van der Waals surface area contributed by atoms with E-state index in [0.717, 1.165) is 0 Å². The van der Waals surface area contributed by atoms with E-state index in [0.29, 0.717) is 38.3 Å². The van der Waals surface area contributed by atoms with E-state index >= 15 is 0 Å². The first-order chi connectivity index (χ1) is 11.9. The van der Waals surface area contributed by atoms with Gasteiger partial charge >= 0.3 is 5.97 Å². The zero-order valence-electron chi connectivity index (χ0n) is 13.3. The van der Waals surface area contributed by atoms with Gasteiger partial charge in [0.15, 0.2) is 5.65 Å². The molecule has 3 rings (SSSR count). The Labute approximate surface area is 153 Å². The average molecular weight is 378 g/mol. The van der Waals surface area contributed by atoms with Gasteiger partial charge < -0.3 is 10.1 Å². The Morgan fingerprint density at radius 2 is 1.88 bits per heavy atom. The Hall–Kier alpha value is -2.57. The molecule has 1 aromatic carbocycles. The Morgan fingerprint density at radius 3 is 2.52 bits per heavy atom. The molecule has 3 aromatic rings. The van der Waals surface area contributed by atoms with Gasteiger partial charge in [-0.1, -0.05) is 23.2 Å². The SMILES string of the molecule is COC(=O)c1ccc(NC(=O)c2c(C)nc3c(Cl)cc(Cl)cn23)cc1. The molecule has 128 valence electrons. The first-order valence-corrected chi connectivity index (χ1v) is 7.99. The summed E-state index contributed by atoms with van der Waals surface area (Å²) in [5.41, 5.74) is 2.23. The lowest BCUT2D eigenvalue weighted by molar-refractivity contribution is 0.0600. The van der Waals surface area contributed by atoms with Crippen LogP contribution < -0.4 is 5.32 Å². The molecule has 0 aliphatic carbocycles. The fourth-order valence-electron chi connectivity index (χ4n) is 2.46. The van der Waals surface area contributed by atoms with Crippen LogP contribution in [0.3, 0.4) is 0 Å². The Balaban J connectivity index is 1.93. The van der Waals surface area contributed by atoms with Crippen LogP contribution in [0.25, 0.3) is 5.65 Å². The van der Waals surface area contributed by atoms with Crippen molar-refractivity contribution in [1.82, 2.24) is 9.38 Å². The third-order valence-electron chi connectivity index (χ3n) is 3.59. The lowest BCUT2D eigenvalue weighted by atomic mass is 10.2. The molecule has 0 spiro atoms. The zero-order chi connectivity index (χ0) is 18.1. The summed E-state index contributed by atoms with van der Waals surface area (Å²) in [6.07, 6.45) is 1.58. The second kappa shape index (κ2) is 6.74.